The molecule has 0 fully saturated rings. The van der Waals surface area contributed by atoms with Crippen molar-refractivity contribution in [1.29, 1.82) is 0 Å². The summed E-state index contributed by atoms with van der Waals surface area (Å²) in [6.45, 7) is 4.96. The van der Waals surface area contributed by atoms with Gasteiger partial charge in [0.2, 0.25) is 5.91 Å². The number of thiazole rings is 1. The van der Waals surface area contributed by atoms with Gasteiger partial charge in [-0.05, 0) is 44.0 Å². The van der Waals surface area contributed by atoms with Crippen LogP contribution in [0, 0.1) is 13.8 Å². The fourth-order valence-corrected chi connectivity index (χ4v) is 4.22. The fraction of sp³-hybridized carbons (Fsp3) is 0.364. The van der Waals surface area contributed by atoms with Crippen LogP contribution in [0.25, 0.3) is 0 Å². The third kappa shape index (κ3) is 5.78. The molecule has 0 saturated heterocycles. The Morgan fingerprint density at radius 2 is 1.97 bits per heavy atom. The number of aromatic nitrogens is 3. The SMILES string of the molecule is CC(=O)N(c1cccc(C(F)(F)F)c1)c1nc(COC(=O)CCc2c(C)nn(C)c2C)cs1. The molecule has 0 aliphatic carbocycles. The minimum atomic E-state index is -4.53. The quantitative estimate of drug-likeness (QED) is 0.451. The molecule has 1 aromatic carbocycles. The van der Waals surface area contributed by atoms with Gasteiger partial charge >= 0.3 is 12.1 Å². The third-order valence-corrected chi connectivity index (χ3v) is 5.97. The van der Waals surface area contributed by atoms with E-state index in [0.717, 1.165) is 45.3 Å². The van der Waals surface area contributed by atoms with Gasteiger partial charge in [-0.15, -0.1) is 11.3 Å². The first-order valence-corrected chi connectivity index (χ1v) is 10.9. The Hall–Kier alpha value is -3.21. The van der Waals surface area contributed by atoms with Crippen molar-refractivity contribution in [2.45, 2.75) is 46.4 Å². The summed E-state index contributed by atoms with van der Waals surface area (Å²) in [5.41, 5.74) is 2.45. The van der Waals surface area contributed by atoms with Crippen LogP contribution in [-0.4, -0.2) is 26.6 Å². The Balaban J connectivity index is 1.65. The molecule has 11 heteroatoms. The number of hydrogen-bond donors (Lipinski definition) is 0. The van der Waals surface area contributed by atoms with Crippen molar-refractivity contribution in [1.82, 2.24) is 14.8 Å². The van der Waals surface area contributed by atoms with Crippen molar-refractivity contribution >= 4 is 34.0 Å². The number of aryl methyl sites for hydroxylation is 2. The summed E-state index contributed by atoms with van der Waals surface area (Å²) in [5.74, 6) is -0.900. The zero-order valence-electron chi connectivity index (χ0n) is 18.6. The highest BCUT2D eigenvalue weighted by atomic mass is 32.1. The average Bonchev–Trinajstić information content (AvgIpc) is 3.29. The number of esters is 1. The summed E-state index contributed by atoms with van der Waals surface area (Å²) >= 11 is 1.07. The van der Waals surface area contributed by atoms with Crippen molar-refractivity contribution in [3.05, 3.63) is 57.9 Å². The highest BCUT2D eigenvalue weighted by Crippen LogP contribution is 2.35. The zero-order valence-corrected chi connectivity index (χ0v) is 19.4. The maximum absolute atomic E-state index is 13.1. The number of anilines is 2. The predicted octanol–water partition coefficient (Wildman–Crippen LogP) is 4.87. The second kappa shape index (κ2) is 9.74. The molecule has 0 aliphatic rings. The second-order valence-corrected chi connectivity index (χ2v) is 8.29. The Morgan fingerprint density at radius 3 is 2.58 bits per heavy atom. The van der Waals surface area contributed by atoms with E-state index in [4.69, 9.17) is 4.74 Å². The first-order valence-electron chi connectivity index (χ1n) is 10.0. The summed E-state index contributed by atoms with van der Waals surface area (Å²) in [6, 6.07) is 4.46. The molecule has 0 N–H and O–H groups in total. The molecular formula is C22H23F3N4O3S. The van der Waals surface area contributed by atoms with Crippen LogP contribution in [-0.2, 0) is 40.6 Å². The number of hydrogen-bond acceptors (Lipinski definition) is 6. The number of ether oxygens (including phenoxy) is 1. The van der Waals surface area contributed by atoms with Crippen molar-refractivity contribution in [3.8, 4) is 0 Å². The first-order chi connectivity index (χ1) is 15.5. The van der Waals surface area contributed by atoms with Gasteiger partial charge in [0.25, 0.3) is 0 Å². The number of carbonyl (C=O) groups is 2. The van der Waals surface area contributed by atoms with Crippen molar-refractivity contribution in [3.63, 3.8) is 0 Å². The molecule has 1 amide bonds. The first kappa shape index (κ1) is 24.4. The molecule has 0 bridgehead atoms. The molecule has 2 heterocycles. The lowest BCUT2D eigenvalue weighted by Gasteiger charge is -2.19. The van der Waals surface area contributed by atoms with Gasteiger partial charge in [-0.25, -0.2) is 4.98 Å². The average molecular weight is 481 g/mol. The van der Waals surface area contributed by atoms with Crippen LogP contribution in [0.15, 0.2) is 29.6 Å². The molecular weight excluding hydrogens is 457 g/mol. The van der Waals surface area contributed by atoms with Crippen molar-refractivity contribution in [2.24, 2.45) is 7.05 Å². The monoisotopic (exact) mass is 480 g/mol. The fourth-order valence-electron chi connectivity index (χ4n) is 3.35. The lowest BCUT2D eigenvalue weighted by atomic mass is 10.1. The number of alkyl halides is 3. The molecule has 0 saturated carbocycles. The van der Waals surface area contributed by atoms with Crippen molar-refractivity contribution in [2.75, 3.05) is 4.90 Å². The van der Waals surface area contributed by atoms with Gasteiger partial charge in [0.05, 0.1) is 22.6 Å². The van der Waals surface area contributed by atoms with E-state index in [1.807, 2.05) is 20.9 Å². The molecule has 0 radical (unpaired) electrons. The summed E-state index contributed by atoms with van der Waals surface area (Å²) in [5, 5.41) is 6.11. The Kier molecular flexibility index (Phi) is 7.21. The number of nitrogens with zero attached hydrogens (tertiary/aromatic N) is 4. The number of amides is 1. The van der Waals surface area contributed by atoms with Crippen LogP contribution in [0.5, 0.6) is 0 Å². The van der Waals surface area contributed by atoms with Crippen LogP contribution in [0.3, 0.4) is 0 Å². The van der Waals surface area contributed by atoms with E-state index in [-0.39, 0.29) is 23.8 Å². The minimum Gasteiger partial charge on any atom is -0.459 e. The molecule has 0 atom stereocenters. The number of benzene rings is 1. The highest BCUT2D eigenvalue weighted by molar-refractivity contribution is 7.14. The number of halogens is 3. The summed E-state index contributed by atoms with van der Waals surface area (Å²) in [6.07, 6.45) is -3.86. The summed E-state index contributed by atoms with van der Waals surface area (Å²) < 4.78 is 46.2. The number of carbonyl (C=O) groups excluding carboxylic acids is 2. The lowest BCUT2D eigenvalue weighted by molar-refractivity contribution is -0.145. The molecule has 3 aromatic rings. The molecule has 0 unspecified atom stereocenters. The molecule has 33 heavy (non-hydrogen) atoms. The number of rotatable bonds is 7. The minimum absolute atomic E-state index is 0.0532. The van der Waals surface area contributed by atoms with E-state index >= 15 is 0 Å². The topological polar surface area (TPSA) is 77.3 Å². The summed E-state index contributed by atoms with van der Waals surface area (Å²) in [7, 11) is 1.84. The van der Waals surface area contributed by atoms with E-state index in [1.54, 1.807) is 10.1 Å². The lowest BCUT2D eigenvalue weighted by Crippen LogP contribution is -2.23. The van der Waals surface area contributed by atoms with Gasteiger partial charge < -0.3 is 4.74 Å². The van der Waals surface area contributed by atoms with Gasteiger partial charge in [-0.2, -0.15) is 18.3 Å². The van der Waals surface area contributed by atoms with Crippen molar-refractivity contribution < 1.29 is 27.5 Å². The van der Waals surface area contributed by atoms with Crippen LogP contribution in [0.4, 0.5) is 24.0 Å². The van der Waals surface area contributed by atoms with Gasteiger partial charge in [0, 0.05) is 31.5 Å². The predicted molar refractivity (Wildman–Crippen MR) is 117 cm³/mol. The van der Waals surface area contributed by atoms with Gasteiger partial charge in [0.15, 0.2) is 5.13 Å². The molecule has 0 spiro atoms. The van der Waals surface area contributed by atoms with E-state index in [0.29, 0.717) is 12.1 Å². The van der Waals surface area contributed by atoms with Crippen LogP contribution < -0.4 is 4.90 Å². The largest absolute Gasteiger partial charge is 0.459 e. The van der Waals surface area contributed by atoms with Gasteiger partial charge in [-0.1, -0.05) is 6.07 Å². The Morgan fingerprint density at radius 1 is 1.24 bits per heavy atom. The molecule has 7 nitrogen and oxygen atoms in total. The molecule has 2 aromatic heterocycles. The van der Waals surface area contributed by atoms with Crippen LogP contribution in [0.2, 0.25) is 0 Å². The third-order valence-electron chi connectivity index (χ3n) is 5.10. The Labute approximate surface area is 192 Å². The highest BCUT2D eigenvalue weighted by Gasteiger charge is 2.31. The molecule has 176 valence electrons. The smallest absolute Gasteiger partial charge is 0.416 e. The standard InChI is InChI=1S/C22H23F3N4O3S/c1-13-19(14(2)28(4)27-13)8-9-20(31)32-11-17-12-33-21(26-17)29(15(3)30)18-7-5-6-16(10-18)22(23,24)25/h5-7,10,12H,8-9,11H2,1-4H3. The summed E-state index contributed by atoms with van der Waals surface area (Å²) in [4.78, 5) is 29.7. The van der Waals surface area contributed by atoms with E-state index in [1.165, 1.54) is 19.1 Å². The normalized spacial score (nSPS) is 11.5. The van der Waals surface area contributed by atoms with E-state index < -0.39 is 23.6 Å². The van der Waals surface area contributed by atoms with Crippen LogP contribution in [0.1, 0.15) is 41.6 Å². The van der Waals surface area contributed by atoms with Crippen LogP contribution >= 0.6 is 11.3 Å². The van der Waals surface area contributed by atoms with Gasteiger partial charge in [-0.3, -0.25) is 19.2 Å². The maximum Gasteiger partial charge on any atom is 0.416 e. The molecule has 3 rings (SSSR count). The van der Waals surface area contributed by atoms with E-state index in [2.05, 4.69) is 10.1 Å². The van der Waals surface area contributed by atoms with E-state index in [9.17, 15) is 22.8 Å². The zero-order chi connectivity index (χ0) is 24.3. The maximum atomic E-state index is 13.1. The Bertz CT molecular complexity index is 1170. The van der Waals surface area contributed by atoms with Gasteiger partial charge in [0.1, 0.15) is 6.61 Å². The molecule has 0 aliphatic heterocycles. The second-order valence-electron chi connectivity index (χ2n) is 7.46.